The van der Waals surface area contributed by atoms with Crippen LogP contribution in [0, 0.1) is 6.92 Å². The molecule has 0 N–H and O–H groups in total. The topological polar surface area (TPSA) is 76.8 Å². The van der Waals surface area contributed by atoms with Crippen molar-refractivity contribution in [1.82, 2.24) is 30.1 Å². The molecule has 4 aromatic rings. The smallest absolute Gasteiger partial charge is 0.272 e. The molecule has 0 bridgehead atoms. The Balaban J connectivity index is 1.36. The van der Waals surface area contributed by atoms with E-state index in [9.17, 15) is 4.79 Å². The van der Waals surface area contributed by atoms with E-state index in [-0.39, 0.29) is 5.91 Å². The van der Waals surface area contributed by atoms with E-state index in [4.69, 9.17) is 4.98 Å². The summed E-state index contributed by atoms with van der Waals surface area (Å²) >= 11 is 1.76. The fourth-order valence-electron chi connectivity index (χ4n) is 3.93. The Morgan fingerprint density at radius 1 is 1.06 bits per heavy atom. The number of para-hydroxylation sites is 1. The molecule has 1 aliphatic rings. The van der Waals surface area contributed by atoms with E-state index in [0.717, 1.165) is 23.9 Å². The Hall–Kier alpha value is -3.39. The Labute approximate surface area is 184 Å². The van der Waals surface area contributed by atoms with Crippen LogP contribution >= 0.6 is 11.3 Å². The molecule has 0 atom stereocenters. The average Bonchev–Trinajstić information content (AvgIpc) is 3.44. The maximum absolute atomic E-state index is 13.5. The summed E-state index contributed by atoms with van der Waals surface area (Å²) in [6, 6.07) is 18.0. The highest BCUT2D eigenvalue weighted by Gasteiger charge is 2.29. The van der Waals surface area contributed by atoms with Gasteiger partial charge < -0.3 is 4.90 Å². The molecule has 3 heterocycles. The van der Waals surface area contributed by atoms with E-state index in [0.29, 0.717) is 30.5 Å². The van der Waals surface area contributed by atoms with Crippen LogP contribution in [0.25, 0.3) is 22.0 Å². The maximum atomic E-state index is 13.5. The summed E-state index contributed by atoms with van der Waals surface area (Å²) in [7, 11) is 0. The lowest BCUT2D eigenvalue weighted by Gasteiger charge is -2.31. The molecule has 1 amide bonds. The van der Waals surface area contributed by atoms with E-state index in [1.54, 1.807) is 18.3 Å². The molecule has 156 valence electrons. The van der Waals surface area contributed by atoms with Gasteiger partial charge in [-0.15, -0.1) is 16.4 Å². The zero-order chi connectivity index (χ0) is 21.2. The monoisotopic (exact) mass is 430 g/mol. The lowest BCUT2D eigenvalue weighted by atomic mass is 9.97. The zero-order valence-electron chi connectivity index (χ0n) is 17.2. The molecule has 1 fully saturated rings. The molecule has 1 aliphatic heterocycles. The van der Waals surface area contributed by atoms with Gasteiger partial charge in [0.1, 0.15) is 5.70 Å². The van der Waals surface area contributed by atoms with Gasteiger partial charge in [0.15, 0.2) is 5.82 Å². The van der Waals surface area contributed by atoms with E-state index in [1.165, 1.54) is 14.4 Å². The predicted octanol–water partition coefficient (Wildman–Crippen LogP) is 4.00. The van der Waals surface area contributed by atoms with Crippen LogP contribution in [0.5, 0.6) is 0 Å². The quantitative estimate of drug-likeness (QED) is 0.458. The molecule has 7 nitrogen and oxygen atoms in total. The van der Waals surface area contributed by atoms with Gasteiger partial charge in [-0.2, -0.15) is 4.68 Å². The molecule has 31 heavy (non-hydrogen) atoms. The number of rotatable bonds is 4. The minimum atomic E-state index is -0.0537. The van der Waals surface area contributed by atoms with Gasteiger partial charge in [-0.1, -0.05) is 42.5 Å². The third-order valence-electron chi connectivity index (χ3n) is 5.62. The van der Waals surface area contributed by atoms with Crippen molar-refractivity contribution >= 4 is 39.2 Å². The number of thiazole rings is 1. The third-order valence-corrected chi connectivity index (χ3v) is 6.82. The number of carbonyl (C=O) groups is 1. The van der Waals surface area contributed by atoms with Gasteiger partial charge in [0.2, 0.25) is 0 Å². The van der Waals surface area contributed by atoms with E-state index in [1.807, 2.05) is 53.4 Å². The lowest BCUT2D eigenvalue weighted by Crippen LogP contribution is -2.39. The first kappa shape index (κ1) is 19.6. The number of hydrogen-bond acceptors (Lipinski definition) is 6. The van der Waals surface area contributed by atoms with Crippen LogP contribution in [0.15, 0.2) is 54.6 Å². The van der Waals surface area contributed by atoms with Crippen LogP contribution in [-0.2, 0) is 4.79 Å². The summed E-state index contributed by atoms with van der Waals surface area (Å²) in [5.74, 6) is 0.916. The first-order valence-corrected chi connectivity index (χ1v) is 11.2. The summed E-state index contributed by atoms with van der Waals surface area (Å²) in [5, 5.41) is 12.9. The SMILES string of the molecule is Cc1nnnn1C(=Cc1ccccc1)C(=O)N1CCC(c2nc3ccccc3s2)CC1. The van der Waals surface area contributed by atoms with Crippen molar-refractivity contribution in [3.63, 3.8) is 0 Å². The summed E-state index contributed by atoms with van der Waals surface area (Å²) in [5.41, 5.74) is 2.46. The largest absolute Gasteiger partial charge is 0.337 e. The van der Waals surface area contributed by atoms with Gasteiger partial charge in [-0.05, 0) is 54.0 Å². The summed E-state index contributed by atoms with van der Waals surface area (Å²) in [6.45, 7) is 3.17. The first-order valence-electron chi connectivity index (χ1n) is 10.4. The second-order valence-corrected chi connectivity index (χ2v) is 8.73. The normalized spacial score (nSPS) is 15.5. The van der Waals surface area contributed by atoms with Gasteiger partial charge in [0, 0.05) is 19.0 Å². The first-order chi connectivity index (χ1) is 15.2. The fraction of sp³-hybridized carbons (Fsp3) is 0.261. The number of benzene rings is 2. The van der Waals surface area contributed by atoms with Crippen molar-refractivity contribution in [2.24, 2.45) is 0 Å². The van der Waals surface area contributed by atoms with Crippen LogP contribution in [0.2, 0.25) is 0 Å². The molecule has 1 saturated heterocycles. The van der Waals surface area contributed by atoms with Gasteiger partial charge in [-0.25, -0.2) is 4.98 Å². The van der Waals surface area contributed by atoms with Gasteiger partial charge in [0.25, 0.3) is 5.91 Å². The zero-order valence-corrected chi connectivity index (χ0v) is 18.0. The maximum Gasteiger partial charge on any atom is 0.272 e. The Bertz CT molecular complexity index is 1200. The minimum absolute atomic E-state index is 0.0537. The Morgan fingerprint density at radius 2 is 1.81 bits per heavy atom. The van der Waals surface area contributed by atoms with Gasteiger partial charge >= 0.3 is 0 Å². The number of hydrogen-bond donors (Lipinski definition) is 0. The van der Waals surface area contributed by atoms with Crippen molar-refractivity contribution in [2.45, 2.75) is 25.7 Å². The molecule has 0 radical (unpaired) electrons. The van der Waals surface area contributed by atoms with Crippen LogP contribution in [-0.4, -0.2) is 49.1 Å². The molecule has 0 saturated carbocycles. The molecule has 0 unspecified atom stereocenters. The van der Waals surface area contributed by atoms with Crippen LogP contribution < -0.4 is 0 Å². The number of nitrogens with zero attached hydrogens (tertiary/aromatic N) is 6. The van der Waals surface area contributed by atoms with E-state index >= 15 is 0 Å². The molecule has 5 rings (SSSR count). The fourth-order valence-corrected chi connectivity index (χ4v) is 5.07. The third kappa shape index (κ3) is 3.98. The van der Waals surface area contributed by atoms with Crippen LogP contribution in [0.3, 0.4) is 0 Å². The molecule has 0 spiro atoms. The highest BCUT2D eigenvalue weighted by molar-refractivity contribution is 7.18. The molecule has 2 aromatic heterocycles. The van der Waals surface area contributed by atoms with E-state index < -0.39 is 0 Å². The second kappa shape index (κ2) is 8.39. The number of fused-ring (bicyclic) bond motifs is 1. The molecular weight excluding hydrogens is 408 g/mol. The Morgan fingerprint density at radius 3 is 2.52 bits per heavy atom. The lowest BCUT2D eigenvalue weighted by molar-refractivity contribution is -0.126. The van der Waals surface area contributed by atoms with Crippen molar-refractivity contribution in [2.75, 3.05) is 13.1 Å². The molecular formula is C23H22N6OS. The summed E-state index contributed by atoms with van der Waals surface area (Å²) in [4.78, 5) is 20.2. The number of amides is 1. The second-order valence-electron chi connectivity index (χ2n) is 7.66. The highest BCUT2D eigenvalue weighted by atomic mass is 32.1. The highest BCUT2D eigenvalue weighted by Crippen LogP contribution is 2.34. The number of tetrazole rings is 1. The Kier molecular flexibility index (Phi) is 5.30. The van der Waals surface area contributed by atoms with Crippen molar-refractivity contribution in [3.05, 3.63) is 71.0 Å². The molecule has 2 aromatic carbocycles. The van der Waals surface area contributed by atoms with Crippen LogP contribution in [0.1, 0.15) is 35.2 Å². The molecule has 8 heteroatoms. The van der Waals surface area contributed by atoms with Crippen LogP contribution in [0.4, 0.5) is 0 Å². The predicted molar refractivity (Wildman–Crippen MR) is 121 cm³/mol. The number of aryl methyl sites for hydroxylation is 1. The van der Waals surface area contributed by atoms with Crippen molar-refractivity contribution in [1.29, 1.82) is 0 Å². The number of likely N-dealkylation sites (tertiary alicyclic amines) is 1. The van der Waals surface area contributed by atoms with Crippen molar-refractivity contribution < 1.29 is 4.79 Å². The number of piperidine rings is 1. The standard InChI is InChI=1S/C23H22N6OS/c1-16-25-26-27-29(16)20(15-17-7-3-2-4-8-17)23(30)28-13-11-18(12-14-28)22-24-19-9-5-6-10-21(19)31-22/h2-10,15,18H,11-14H2,1H3. The average molecular weight is 431 g/mol. The van der Waals surface area contributed by atoms with E-state index in [2.05, 4.69) is 27.7 Å². The minimum Gasteiger partial charge on any atom is -0.337 e. The number of aromatic nitrogens is 5. The summed E-state index contributed by atoms with van der Waals surface area (Å²) < 4.78 is 2.74. The van der Waals surface area contributed by atoms with Gasteiger partial charge in [-0.3, -0.25) is 4.79 Å². The van der Waals surface area contributed by atoms with Gasteiger partial charge in [0.05, 0.1) is 15.2 Å². The summed E-state index contributed by atoms with van der Waals surface area (Å²) in [6.07, 6.45) is 3.66. The number of carbonyl (C=O) groups excluding carboxylic acids is 1. The molecule has 0 aliphatic carbocycles. The van der Waals surface area contributed by atoms with Crippen molar-refractivity contribution in [3.8, 4) is 0 Å².